The van der Waals surface area contributed by atoms with Gasteiger partial charge in [-0.1, -0.05) is 0 Å². The Morgan fingerprint density at radius 1 is 1.56 bits per heavy atom. The number of methoxy groups -OCH3 is 2. The molecule has 0 aromatic heterocycles. The van der Waals surface area contributed by atoms with Crippen LogP contribution >= 0.6 is 0 Å². The number of hydrogen-bond donors (Lipinski definition) is 0. The standard InChI is InChI=1S/C6H12O3/c1-5(8-2)4-6(7)9-3/h5H,4H2,1-3H3/t5-/m1/s1. The van der Waals surface area contributed by atoms with Crippen molar-refractivity contribution in [1.82, 2.24) is 0 Å². The van der Waals surface area contributed by atoms with Crippen LogP contribution in [-0.2, 0) is 14.3 Å². The Hall–Kier alpha value is -0.570. The summed E-state index contributed by atoms with van der Waals surface area (Å²) in [5.41, 5.74) is 0. The third-order valence-corrected chi connectivity index (χ3v) is 1.08. The Balaban J connectivity index is 3.34. The van der Waals surface area contributed by atoms with E-state index >= 15 is 0 Å². The summed E-state index contributed by atoms with van der Waals surface area (Å²) >= 11 is 0. The second kappa shape index (κ2) is 4.32. The van der Waals surface area contributed by atoms with Gasteiger partial charge < -0.3 is 9.47 Å². The van der Waals surface area contributed by atoms with Crippen LogP contribution in [0.1, 0.15) is 13.3 Å². The van der Waals surface area contributed by atoms with E-state index in [0.29, 0.717) is 6.42 Å². The molecular formula is C6H12O3. The molecule has 0 aromatic rings. The van der Waals surface area contributed by atoms with Gasteiger partial charge in [-0.05, 0) is 6.92 Å². The van der Waals surface area contributed by atoms with E-state index in [1.165, 1.54) is 7.11 Å². The van der Waals surface area contributed by atoms with Crippen molar-refractivity contribution in [1.29, 1.82) is 0 Å². The maximum Gasteiger partial charge on any atom is 0.308 e. The normalized spacial score (nSPS) is 12.8. The van der Waals surface area contributed by atoms with Gasteiger partial charge in [-0.3, -0.25) is 4.79 Å². The van der Waals surface area contributed by atoms with Gasteiger partial charge >= 0.3 is 5.97 Å². The highest BCUT2D eigenvalue weighted by atomic mass is 16.5. The molecule has 0 spiro atoms. The van der Waals surface area contributed by atoms with E-state index in [2.05, 4.69) is 4.74 Å². The highest BCUT2D eigenvalue weighted by Gasteiger charge is 2.06. The Morgan fingerprint density at radius 3 is 2.44 bits per heavy atom. The SMILES string of the molecule is COC(=O)C[C@@H](C)OC. The topological polar surface area (TPSA) is 35.5 Å². The fourth-order valence-electron chi connectivity index (χ4n) is 0.401. The van der Waals surface area contributed by atoms with E-state index < -0.39 is 0 Å². The van der Waals surface area contributed by atoms with Crippen molar-refractivity contribution < 1.29 is 14.3 Å². The maximum atomic E-state index is 10.5. The summed E-state index contributed by atoms with van der Waals surface area (Å²) in [6.45, 7) is 1.82. The second-order valence-electron chi connectivity index (χ2n) is 1.83. The molecule has 0 aliphatic rings. The predicted molar refractivity (Wildman–Crippen MR) is 33.1 cm³/mol. The summed E-state index contributed by atoms with van der Waals surface area (Å²) in [4.78, 5) is 10.5. The monoisotopic (exact) mass is 132 g/mol. The first-order chi connectivity index (χ1) is 4.20. The van der Waals surface area contributed by atoms with Crippen LogP contribution in [0, 0.1) is 0 Å². The van der Waals surface area contributed by atoms with E-state index in [-0.39, 0.29) is 12.1 Å². The van der Waals surface area contributed by atoms with Gasteiger partial charge in [0, 0.05) is 7.11 Å². The summed E-state index contributed by atoms with van der Waals surface area (Å²) in [5, 5.41) is 0. The van der Waals surface area contributed by atoms with Crippen LogP contribution in [0.2, 0.25) is 0 Å². The lowest BCUT2D eigenvalue weighted by molar-refractivity contribution is -0.143. The average molecular weight is 132 g/mol. The molecule has 0 fully saturated rings. The van der Waals surface area contributed by atoms with E-state index in [9.17, 15) is 4.79 Å². The summed E-state index contributed by atoms with van der Waals surface area (Å²) in [6.07, 6.45) is 0.282. The fraction of sp³-hybridized carbons (Fsp3) is 0.833. The van der Waals surface area contributed by atoms with Crippen molar-refractivity contribution in [3.05, 3.63) is 0 Å². The van der Waals surface area contributed by atoms with Crippen LogP contribution in [-0.4, -0.2) is 26.3 Å². The lowest BCUT2D eigenvalue weighted by atomic mass is 10.3. The first-order valence-electron chi connectivity index (χ1n) is 2.80. The summed E-state index contributed by atoms with van der Waals surface area (Å²) < 4.78 is 9.23. The molecule has 54 valence electrons. The van der Waals surface area contributed by atoms with Crippen molar-refractivity contribution in [3.8, 4) is 0 Å². The molecule has 0 radical (unpaired) electrons. The Bertz CT molecular complexity index is 90.3. The van der Waals surface area contributed by atoms with E-state index in [4.69, 9.17) is 4.74 Å². The lowest BCUT2D eigenvalue weighted by Crippen LogP contribution is -2.12. The third-order valence-electron chi connectivity index (χ3n) is 1.08. The molecule has 0 aliphatic carbocycles. The maximum absolute atomic E-state index is 10.5. The minimum atomic E-state index is -0.232. The molecule has 9 heavy (non-hydrogen) atoms. The number of rotatable bonds is 3. The zero-order chi connectivity index (χ0) is 7.28. The molecular weight excluding hydrogens is 120 g/mol. The van der Waals surface area contributed by atoms with Crippen molar-refractivity contribution in [2.45, 2.75) is 19.4 Å². The molecule has 0 heterocycles. The van der Waals surface area contributed by atoms with Crippen LogP contribution in [0.15, 0.2) is 0 Å². The largest absolute Gasteiger partial charge is 0.469 e. The zero-order valence-electron chi connectivity index (χ0n) is 6.01. The molecule has 0 aromatic carbocycles. The van der Waals surface area contributed by atoms with Gasteiger partial charge in [-0.15, -0.1) is 0 Å². The third kappa shape index (κ3) is 3.97. The minimum Gasteiger partial charge on any atom is -0.469 e. The minimum absolute atomic E-state index is 0.0440. The molecule has 0 saturated carbocycles. The summed E-state index contributed by atoms with van der Waals surface area (Å²) in [5.74, 6) is -0.232. The molecule has 0 unspecified atom stereocenters. The van der Waals surface area contributed by atoms with Gasteiger partial charge in [0.1, 0.15) is 0 Å². The average Bonchev–Trinajstić information content (AvgIpc) is 1.87. The van der Waals surface area contributed by atoms with E-state index in [0.717, 1.165) is 0 Å². The van der Waals surface area contributed by atoms with Gasteiger partial charge in [0.15, 0.2) is 0 Å². The highest BCUT2D eigenvalue weighted by molar-refractivity contribution is 5.69. The van der Waals surface area contributed by atoms with Crippen LogP contribution in [0.5, 0.6) is 0 Å². The first kappa shape index (κ1) is 8.43. The number of carbonyl (C=O) groups excluding carboxylic acids is 1. The number of ether oxygens (including phenoxy) is 2. The van der Waals surface area contributed by atoms with Gasteiger partial charge in [0.05, 0.1) is 19.6 Å². The zero-order valence-corrected chi connectivity index (χ0v) is 6.01. The molecule has 3 nitrogen and oxygen atoms in total. The van der Waals surface area contributed by atoms with Gasteiger partial charge in [0.2, 0.25) is 0 Å². The molecule has 0 aliphatic heterocycles. The lowest BCUT2D eigenvalue weighted by Gasteiger charge is -2.05. The van der Waals surface area contributed by atoms with E-state index in [1.54, 1.807) is 7.11 Å². The van der Waals surface area contributed by atoms with Gasteiger partial charge in [0.25, 0.3) is 0 Å². The molecule has 1 atom stereocenters. The first-order valence-corrected chi connectivity index (χ1v) is 2.80. The van der Waals surface area contributed by atoms with Crippen molar-refractivity contribution in [2.75, 3.05) is 14.2 Å². The van der Waals surface area contributed by atoms with Gasteiger partial charge in [-0.25, -0.2) is 0 Å². The number of esters is 1. The van der Waals surface area contributed by atoms with Crippen LogP contribution in [0.25, 0.3) is 0 Å². The van der Waals surface area contributed by atoms with Crippen LogP contribution in [0.3, 0.4) is 0 Å². The van der Waals surface area contributed by atoms with Crippen LogP contribution < -0.4 is 0 Å². The Kier molecular flexibility index (Phi) is 4.05. The second-order valence-corrected chi connectivity index (χ2v) is 1.83. The Labute approximate surface area is 55.0 Å². The van der Waals surface area contributed by atoms with Crippen molar-refractivity contribution in [3.63, 3.8) is 0 Å². The Morgan fingerprint density at radius 2 is 2.11 bits per heavy atom. The quantitative estimate of drug-likeness (QED) is 0.527. The van der Waals surface area contributed by atoms with Gasteiger partial charge in [-0.2, -0.15) is 0 Å². The molecule has 3 heteroatoms. The molecule has 0 N–H and O–H groups in total. The summed E-state index contributed by atoms with van der Waals surface area (Å²) in [6, 6.07) is 0. The summed E-state index contributed by atoms with van der Waals surface area (Å²) in [7, 11) is 2.93. The van der Waals surface area contributed by atoms with Crippen molar-refractivity contribution >= 4 is 5.97 Å². The molecule has 0 saturated heterocycles. The molecule has 0 amide bonds. The fourth-order valence-corrected chi connectivity index (χ4v) is 0.401. The highest BCUT2D eigenvalue weighted by Crippen LogP contribution is 1.95. The smallest absolute Gasteiger partial charge is 0.308 e. The number of hydrogen-bond acceptors (Lipinski definition) is 3. The predicted octanol–water partition coefficient (Wildman–Crippen LogP) is 0.584. The number of carbonyl (C=O) groups is 1. The molecule has 0 rings (SSSR count). The van der Waals surface area contributed by atoms with Crippen molar-refractivity contribution in [2.24, 2.45) is 0 Å². The van der Waals surface area contributed by atoms with E-state index in [1.807, 2.05) is 6.92 Å². The molecule has 0 bridgehead atoms. The van der Waals surface area contributed by atoms with Crippen LogP contribution in [0.4, 0.5) is 0 Å².